The molecule has 1 fully saturated rings. The molecule has 1 heterocycles. The van der Waals surface area contributed by atoms with E-state index in [2.05, 4.69) is 48.5 Å². The summed E-state index contributed by atoms with van der Waals surface area (Å²) in [7, 11) is 0. The van der Waals surface area contributed by atoms with Crippen LogP contribution in [-0.4, -0.2) is 43.4 Å². The Morgan fingerprint density at radius 3 is 1.33 bits per heavy atom. The first kappa shape index (κ1) is 33.5. The van der Waals surface area contributed by atoms with Crippen molar-refractivity contribution in [2.75, 3.05) is 6.61 Å². The minimum atomic E-state index is -0.487. The Morgan fingerprint density at radius 2 is 0.875 bits per heavy atom. The van der Waals surface area contributed by atoms with Crippen LogP contribution in [0.3, 0.4) is 0 Å². The van der Waals surface area contributed by atoms with Gasteiger partial charge in [0.1, 0.15) is 30.7 Å². The normalized spacial score (nSPS) is 20.7. The standard InChI is InChI=1S/C42H42O6/c43-26-33-23-21-32(22-24-33)25-38-40(45-28-35-15-7-2-8-16-35)42(47-30-37-19-11-4-12-20-37)41(46-29-36-17-9-3-10-18-36)39(48-38)31-44-27-34-13-5-1-6-14-34/h1-24,26,38-42H,25,27-31H2/t38-,39+,40-,41+,42+/m0/s1. The van der Waals surface area contributed by atoms with E-state index in [1.807, 2.05) is 97.1 Å². The lowest BCUT2D eigenvalue weighted by molar-refractivity contribution is -0.272. The van der Waals surface area contributed by atoms with E-state index in [9.17, 15) is 4.79 Å². The van der Waals surface area contributed by atoms with E-state index < -0.39 is 24.4 Å². The van der Waals surface area contributed by atoms with Gasteiger partial charge in [-0.1, -0.05) is 146 Å². The highest BCUT2D eigenvalue weighted by atomic mass is 16.6. The van der Waals surface area contributed by atoms with Crippen molar-refractivity contribution in [1.82, 2.24) is 0 Å². The lowest BCUT2D eigenvalue weighted by Crippen LogP contribution is -2.61. The van der Waals surface area contributed by atoms with Crippen LogP contribution in [0.15, 0.2) is 146 Å². The molecule has 0 radical (unpaired) electrons. The Hall–Kier alpha value is -4.43. The van der Waals surface area contributed by atoms with Crippen LogP contribution in [0.5, 0.6) is 0 Å². The van der Waals surface area contributed by atoms with E-state index in [1.165, 1.54) is 0 Å². The molecule has 5 aromatic rings. The highest BCUT2D eigenvalue weighted by Gasteiger charge is 2.48. The summed E-state index contributed by atoms with van der Waals surface area (Å²) in [5.74, 6) is 0. The highest BCUT2D eigenvalue weighted by Crippen LogP contribution is 2.32. The number of hydrogen-bond acceptors (Lipinski definition) is 6. The summed E-state index contributed by atoms with van der Waals surface area (Å²) in [6, 6.07) is 48.2. The maximum atomic E-state index is 11.4. The van der Waals surface area contributed by atoms with Crippen molar-refractivity contribution in [2.24, 2.45) is 0 Å². The van der Waals surface area contributed by atoms with Crippen molar-refractivity contribution in [1.29, 1.82) is 0 Å². The minimum absolute atomic E-state index is 0.311. The Labute approximate surface area is 283 Å². The van der Waals surface area contributed by atoms with Crippen LogP contribution in [-0.2, 0) is 56.5 Å². The number of aldehydes is 1. The Bertz CT molecular complexity index is 1630. The van der Waals surface area contributed by atoms with Crippen molar-refractivity contribution in [3.05, 3.63) is 179 Å². The molecule has 1 saturated heterocycles. The molecule has 48 heavy (non-hydrogen) atoms. The second kappa shape index (κ2) is 17.6. The van der Waals surface area contributed by atoms with Crippen LogP contribution in [0.25, 0.3) is 0 Å². The average Bonchev–Trinajstić information content (AvgIpc) is 3.15. The monoisotopic (exact) mass is 642 g/mol. The second-order valence-electron chi connectivity index (χ2n) is 12.1. The van der Waals surface area contributed by atoms with Gasteiger partial charge in [0.2, 0.25) is 0 Å². The van der Waals surface area contributed by atoms with Crippen LogP contribution in [0.4, 0.5) is 0 Å². The molecule has 0 N–H and O–H groups in total. The molecular weight excluding hydrogens is 600 g/mol. The van der Waals surface area contributed by atoms with Gasteiger partial charge in [0.05, 0.1) is 39.1 Å². The van der Waals surface area contributed by atoms with Gasteiger partial charge in [-0.25, -0.2) is 0 Å². The number of ether oxygens (including phenoxy) is 5. The van der Waals surface area contributed by atoms with Gasteiger partial charge in [-0.3, -0.25) is 4.79 Å². The summed E-state index contributed by atoms with van der Waals surface area (Å²) in [5.41, 5.74) is 5.93. The van der Waals surface area contributed by atoms with Gasteiger partial charge in [-0.2, -0.15) is 0 Å². The van der Waals surface area contributed by atoms with Crippen molar-refractivity contribution >= 4 is 6.29 Å². The molecule has 0 spiro atoms. The maximum Gasteiger partial charge on any atom is 0.150 e. The quantitative estimate of drug-likeness (QED) is 0.103. The van der Waals surface area contributed by atoms with E-state index >= 15 is 0 Å². The molecule has 0 amide bonds. The lowest BCUT2D eigenvalue weighted by atomic mass is 9.90. The number of hydrogen-bond donors (Lipinski definition) is 0. The third-order valence-electron chi connectivity index (χ3n) is 8.53. The van der Waals surface area contributed by atoms with E-state index in [4.69, 9.17) is 23.7 Å². The molecule has 6 rings (SSSR count). The molecule has 0 aliphatic carbocycles. The fraction of sp³-hybridized carbons (Fsp3) is 0.262. The third kappa shape index (κ3) is 9.57. The molecule has 1 aliphatic heterocycles. The number of benzene rings is 5. The Morgan fingerprint density at radius 1 is 0.458 bits per heavy atom. The van der Waals surface area contributed by atoms with E-state index in [0.717, 1.165) is 34.1 Å². The van der Waals surface area contributed by atoms with Crippen LogP contribution < -0.4 is 0 Å². The van der Waals surface area contributed by atoms with Gasteiger partial charge in [0, 0.05) is 12.0 Å². The van der Waals surface area contributed by atoms with Crippen molar-refractivity contribution in [3.8, 4) is 0 Å². The van der Waals surface area contributed by atoms with Crippen LogP contribution in [0, 0.1) is 0 Å². The van der Waals surface area contributed by atoms with Gasteiger partial charge >= 0.3 is 0 Å². The zero-order chi connectivity index (χ0) is 32.8. The maximum absolute atomic E-state index is 11.4. The van der Waals surface area contributed by atoms with Crippen LogP contribution in [0.1, 0.15) is 38.2 Å². The summed E-state index contributed by atoms with van der Waals surface area (Å²) in [6.45, 7) is 1.93. The van der Waals surface area contributed by atoms with E-state index in [0.29, 0.717) is 45.0 Å². The molecule has 0 unspecified atom stereocenters. The smallest absolute Gasteiger partial charge is 0.150 e. The van der Waals surface area contributed by atoms with Crippen LogP contribution >= 0.6 is 0 Å². The molecule has 0 bridgehead atoms. The summed E-state index contributed by atoms with van der Waals surface area (Å²) in [6.07, 6.45) is -0.826. The summed E-state index contributed by atoms with van der Waals surface area (Å²) >= 11 is 0. The van der Waals surface area contributed by atoms with Gasteiger partial charge in [0.25, 0.3) is 0 Å². The van der Waals surface area contributed by atoms with Crippen molar-refractivity contribution in [2.45, 2.75) is 63.4 Å². The molecule has 5 aromatic carbocycles. The predicted molar refractivity (Wildman–Crippen MR) is 185 cm³/mol. The fourth-order valence-corrected chi connectivity index (χ4v) is 6.01. The first-order valence-electron chi connectivity index (χ1n) is 16.5. The summed E-state index contributed by atoms with van der Waals surface area (Å²) in [4.78, 5) is 11.4. The highest BCUT2D eigenvalue weighted by molar-refractivity contribution is 5.74. The van der Waals surface area contributed by atoms with Crippen LogP contribution in [0.2, 0.25) is 0 Å². The first-order valence-corrected chi connectivity index (χ1v) is 16.5. The average molecular weight is 643 g/mol. The minimum Gasteiger partial charge on any atom is -0.374 e. The van der Waals surface area contributed by atoms with E-state index in [1.54, 1.807) is 0 Å². The molecule has 246 valence electrons. The van der Waals surface area contributed by atoms with Gasteiger partial charge < -0.3 is 23.7 Å². The molecule has 0 saturated carbocycles. The Balaban J connectivity index is 1.32. The largest absolute Gasteiger partial charge is 0.374 e. The van der Waals surface area contributed by atoms with Crippen molar-refractivity contribution in [3.63, 3.8) is 0 Å². The fourth-order valence-electron chi connectivity index (χ4n) is 6.01. The molecule has 0 aromatic heterocycles. The van der Waals surface area contributed by atoms with E-state index in [-0.39, 0.29) is 6.10 Å². The summed E-state index contributed by atoms with van der Waals surface area (Å²) < 4.78 is 33.6. The molecule has 5 atom stereocenters. The predicted octanol–water partition coefficient (Wildman–Crippen LogP) is 7.78. The number of carbonyl (C=O) groups is 1. The van der Waals surface area contributed by atoms with Gasteiger partial charge in [-0.05, 0) is 27.8 Å². The molecule has 6 heteroatoms. The Kier molecular flexibility index (Phi) is 12.3. The second-order valence-corrected chi connectivity index (χ2v) is 12.1. The van der Waals surface area contributed by atoms with Gasteiger partial charge in [0.15, 0.2) is 0 Å². The topological polar surface area (TPSA) is 63.2 Å². The number of rotatable bonds is 16. The van der Waals surface area contributed by atoms with Crippen molar-refractivity contribution < 1.29 is 28.5 Å². The molecular formula is C42H42O6. The third-order valence-corrected chi connectivity index (χ3v) is 8.53. The first-order chi connectivity index (χ1) is 23.7. The summed E-state index contributed by atoms with van der Waals surface area (Å²) in [5, 5.41) is 0. The molecule has 6 nitrogen and oxygen atoms in total. The SMILES string of the molecule is O=Cc1ccc(C[C@@H]2O[C@H](COCc3ccccc3)[C@@H](OCc3ccccc3)[C@H](OCc3ccccc3)[C@H]2OCc2ccccc2)cc1. The number of carbonyl (C=O) groups excluding carboxylic acids is 1. The zero-order valence-corrected chi connectivity index (χ0v) is 27.0. The van der Waals surface area contributed by atoms with Gasteiger partial charge in [-0.15, -0.1) is 0 Å². The molecule has 1 aliphatic rings. The lowest BCUT2D eigenvalue weighted by Gasteiger charge is -2.46. The zero-order valence-electron chi connectivity index (χ0n) is 27.0.